The van der Waals surface area contributed by atoms with Crippen molar-refractivity contribution in [2.45, 2.75) is 72.3 Å². The molecule has 0 bridgehead atoms. The van der Waals surface area contributed by atoms with Crippen molar-refractivity contribution in [3.63, 3.8) is 0 Å². The topological polar surface area (TPSA) is 121 Å². The van der Waals surface area contributed by atoms with Crippen molar-refractivity contribution in [3.8, 4) is 0 Å². The first-order valence-electron chi connectivity index (χ1n) is 11.0. The maximum absolute atomic E-state index is 11.8. The maximum Gasteiger partial charge on any atom is 0.336 e. The number of aliphatic carboxylic acids is 2. The first-order valence-corrected chi connectivity index (χ1v) is 11.0. The molecule has 1 aliphatic carbocycles. The molecule has 7 heteroatoms. The van der Waals surface area contributed by atoms with Crippen molar-refractivity contribution in [1.29, 1.82) is 0 Å². The summed E-state index contributed by atoms with van der Waals surface area (Å²) in [6.45, 7) is 10.5. The molecule has 0 radical (unpaired) electrons. The molecule has 3 N–H and O–H groups in total. The van der Waals surface area contributed by atoms with Crippen molar-refractivity contribution in [2.24, 2.45) is 5.41 Å². The van der Waals surface area contributed by atoms with Gasteiger partial charge in [0.25, 0.3) is 0 Å². The zero-order chi connectivity index (χ0) is 25.2. The molecule has 0 aromatic heterocycles. The highest BCUT2D eigenvalue weighted by atomic mass is 16.5. The fourth-order valence-electron chi connectivity index (χ4n) is 3.72. The van der Waals surface area contributed by atoms with Gasteiger partial charge in [-0.2, -0.15) is 0 Å². The van der Waals surface area contributed by atoms with E-state index < -0.39 is 36.4 Å². The van der Waals surface area contributed by atoms with E-state index in [0.29, 0.717) is 0 Å². The molecule has 0 aromatic rings. The van der Waals surface area contributed by atoms with E-state index in [0.717, 1.165) is 17.6 Å². The monoisotopic (exact) mass is 460 g/mol. The van der Waals surface area contributed by atoms with E-state index in [4.69, 9.17) is 14.9 Å². The maximum atomic E-state index is 11.8. The van der Waals surface area contributed by atoms with Crippen molar-refractivity contribution >= 4 is 17.9 Å². The number of carboxylic acid groups (broad SMARTS) is 2. The molecule has 0 spiro atoms. The molecule has 0 aliphatic heterocycles. The van der Waals surface area contributed by atoms with E-state index >= 15 is 0 Å². The number of aliphatic hydroxyl groups is 1. The third-order valence-electron chi connectivity index (χ3n) is 5.70. The first-order chi connectivity index (χ1) is 15.3. The summed E-state index contributed by atoms with van der Waals surface area (Å²) >= 11 is 0. The number of carboxylic acids is 2. The lowest BCUT2D eigenvalue weighted by atomic mass is 9.72. The van der Waals surface area contributed by atoms with Gasteiger partial charge in [-0.05, 0) is 57.1 Å². The van der Waals surface area contributed by atoms with Crippen LogP contribution >= 0.6 is 0 Å². The van der Waals surface area contributed by atoms with Crippen LogP contribution in [0.15, 0.2) is 58.7 Å². The van der Waals surface area contributed by atoms with E-state index in [9.17, 15) is 19.5 Å². The molecule has 0 saturated carbocycles. The summed E-state index contributed by atoms with van der Waals surface area (Å²) in [6.07, 6.45) is 13.2. The molecule has 1 rings (SSSR count). The van der Waals surface area contributed by atoms with Crippen LogP contribution in [0, 0.1) is 5.41 Å². The number of carbonyl (C=O) groups is 3. The van der Waals surface area contributed by atoms with Gasteiger partial charge in [0.15, 0.2) is 5.60 Å². The summed E-state index contributed by atoms with van der Waals surface area (Å²) in [5.74, 6) is -4.31. The minimum Gasteiger partial charge on any atom is -0.481 e. The zero-order valence-electron chi connectivity index (χ0n) is 20.2. The molecule has 7 nitrogen and oxygen atoms in total. The minimum absolute atomic E-state index is 0.122. The molecule has 0 saturated heterocycles. The lowest BCUT2D eigenvalue weighted by Crippen LogP contribution is -2.43. The summed E-state index contributed by atoms with van der Waals surface area (Å²) in [5, 5.41) is 27.5. The van der Waals surface area contributed by atoms with Gasteiger partial charge in [0.1, 0.15) is 6.61 Å². The van der Waals surface area contributed by atoms with Gasteiger partial charge >= 0.3 is 17.9 Å². The van der Waals surface area contributed by atoms with Crippen LogP contribution in [-0.2, 0) is 19.1 Å². The molecule has 33 heavy (non-hydrogen) atoms. The second-order valence-corrected chi connectivity index (χ2v) is 9.25. The molecule has 0 amide bonds. The summed E-state index contributed by atoms with van der Waals surface area (Å²) in [6, 6.07) is 0. The van der Waals surface area contributed by atoms with Crippen LogP contribution in [0.5, 0.6) is 0 Å². The van der Waals surface area contributed by atoms with Gasteiger partial charge in [0, 0.05) is 0 Å². The molecule has 1 aliphatic rings. The van der Waals surface area contributed by atoms with E-state index in [1.54, 1.807) is 6.08 Å². The second kappa shape index (κ2) is 12.3. The third kappa shape index (κ3) is 9.61. The molecule has 182 valence electrons. The fraction of sp³-hybridized carbons (Fsp3) is 0.500. The number of hydrogen-bond donors (Lipinski definition) is 3. The Morgan fingerprint density at radius 1 is 1.09 bits per heavy atom. The van der Waals surface area contributed by atoms with Crippen molar-refractivity contribution in [1.82, 2.24) is 0 Å². The summed E-state index contributed by atoms with van der Waals surface area (Å²) < 4.78 is 4.91. The number of ether oxygens (including phenoxy) is 1. The normalized spacial score (nSPS) is 19.1. The molecular weight excluding hydrogens is 424 g/mol. The van der Waals surface area contributed by atoms with E-state index in [1.807, 2.05) is 32.1 Å². The SMILES string of the molecule is CC(C=CC1=C(C)CCCC1(C)C)=CC=C/C(C)=C\COC(=O)CC(O)(CC(=O)O)C(=O)O. The smallest absolute Gasteiger partial charge is 0.336 e. The Morgan fingerprint density at radius 3 is 2.33 bits per heavy atom. The van der Waals surface area contributed by atoms with Gasteiger partial charge in [-0.1, -0.05) is 60.9 Å². The van der Waals surface area contributed by atoms with Crippen LogP contribution in [0.25, 0.3) is 0 Å². The lowest BCUT2D eigenvalue weighted by Gasteiger charge is -2.32. The van der Waals surface area contributed by atoms with Crippen LogP contribution < -0.4 is 0 Å². The average Bonchev–Trinajstić information content (AvgIpc) is 2.66. The molecule has 0 aromatic carbocycles. The first kappa shape index (κ1) is 28.1. The van der Waals surface area contributed by atoms with Gasteiger partial charge in [0.2, 0.25) is 0 Å². The van der Waals surface area contributed by atoms with Crippen molar-refractivity contribution < 1.29 is 34.4 Å². The van der Waals surface area contributed by atoms with Crippen molar-refractivity contribution in [3.05, 3.63) is 58.7 Å². The van der Waals surface area contributed by atoms with Crippen LogP contribution in [0.1, 0.15) is 66.7 Å². The van der Waals surface area contributed by atoms with Crippen LogP contribution in [0.3, 0.4) is 0 Å². The van der Waals surface area contributed by atoms with Crippen LogP contribution in [0.4, 0.5) is 0 Å². The van der Waals surface area contributed by atoms with Crippen LogP contribution in [0.2, 0.25) is 0 Å². The van der Waals surface area contributed by atoms with Gasteiger partial charge in [-0.3, -0.25) is 9.59 Å². The third-order valence-corrected chi connectivity index (χ3v) is 5.70. The number of hydrogen-bond acceptors (Lipinski definition) is 5. The Morgan fingerprint density at radius 2 is 1.76 bits per heavy atom. The second-order valence-electron chi connectivity index (χ2n) is 9.25. The van der Waals surface area contributed by atoms with Crippen LogP contribution in [-0.4, -0.2) is 45.4 Å². The van der Waals surface area contributed by atoms with Gasteiger partial charge < -0.3 is 20.1 Å². The van der Waals surface area contributed by atoms with Crippen molar-refractivity contribution in [2.75, 3.05) is 6.61 Å². The standard InChI is InChI=1S/C26H36O7/c1-18(11-12-21-20(3)10-7-14-25(21,4)5)8-6-9-19(2)13-15-33-23(29)17-26(32,24(30)31)16-22(27)28/h6,8-9,11-13,32H,7,10,14-17H2,1-5H3,(H,27,28)(H,30,31)/b9-6?,12-11?,18-8?,19-13-. The Bertz CT molecular complexity index is 900. The summed E-state index contributed by atoms with van der Waals surface area (Å²) in [5.41, 5.74) is 2.27. The highest BCUT2D eigenvalue weighted by molar-refractivity contribution is 5.88. The van der Waals surface area contributed by atoms with Gasteiger partial charge in [-0.15, -0.1) is 0 Å². The molecule has 1 atom stereocenters. The molecule has 0 heterocycles. The molecular formula is C26H36O7. The number of carbonyl (C=O) groups excluding carboxylic acids is 1. The van der Waals surface area contributed by atoms with Gasteiger partial charge in [-0.25, -0.2) is 4.79 Å². The number of esters is 1. The Hall–Kier alpha value is -2.93. The molecule has 1 unspecified atom stereocenters. The molecule has 0 fully saturated rings. The average molecular weight is 461 g/mol. The lowest BCUT2D eigenvalue weighted by molar-refractivity contribution is -0.171. The predicted molar refractivity (Wildman–Crippen MR) is 127 cm³/mol. The predicted octanol–water partition coefficient (Wildman–Crippen LogP) is 4.74. The van der Waals surface area contributed by atoms with E-state index in [-0.39, 0.29) is 12.0 Å². The Balaban J connectivity index is 2.62. The summed E-state index contributed by atoms with van der Waals surface area (Å²) in [7, 11) is 0. The van der Waals surface area contributed by atoms with E-state index in [1.165, 1.54) is 24.0 Å². The Kier molecular flexibility index (Phi) is 10.5. The largest absolute Gasteiger partial charge is 0.481 e. The summed E-state index contributed by atoms with van der Waals surface area (Å²) in [4.78, 5) is 33.6. The van der Waals surface area contributed by atoms with E-state index in [2.05, 4.69) is 32.9 Å². The number of rotatable bonds is 11. The highest BCUT2D eigenvalue weighted by Crippen LogP contribution is 2.40. The number of allylic oxidation sites excluding steroid dienone is 9. The fourth-order valence-corrected chi connectivity index (χ4v) is 3.72. The zero-order valence-corrected chi connectivity index (χ0v) is 20.2. The quantitative estimate of drug-likeness (QED) is 0.301. The highest BCUT2D eigenvalue weighted by Gasteiger charge is 2.41. The van der Waals surface area contributed by atoms with Gasteiger partial charge in [0.05, 0.1) is 12.8 Å². The minimum atomic E-state index is -2.70. The Labute approximate surface area is 195 Å².